The molecule has 2 heterocycles. The van der Waals surface area contributed by atoms with E-state index in [1.807, 2.05) is 41.4 Å². The molecular weight excluding hydrogens is 328 g/mol. The van der Waals surface area contributed by atoms with E-state index in [-0.39, 0.29) is 11.8 Å². The second-order valence-electron chi connectivity index (χ2n) is 6.80. The van der Waals surface area contributed by atoms with Gasteiger partial charge in [0, 0.05) is 41.7 Å². The number of carbonyl (C=O) groups excluding carboxylic acids is 1. The summed E-state index contributed by atoms with van der Waals surface area (Å²) in [6.45, 7) is 1.35. The average Bonchev–Trinajstić information content (AvgIpc) is 3.15. The summed E-state index contributed by atoms with van der Waals surface area (Å²) in [5.74, 6) is -0.717. The van der Waals surface area contributed by atoms with Crippen LogP contribution in [0.1, 0.15) is 45.0 Å². The molecule has 132 valence electrons. The van der Waals surface area contributed by atoms with Gasteiger partial charge in [0.2, 0.25) is 0 Å². The second-order valence-corrected chi connectivity index (χ2v) is 6.80. The van der Waals surface area contributed by atoms with Gasteiger partial charge in [0.25, 0.3) is 5.91 Å². The Morgan fingerprint density at radius 3 is 2.81 bits per heavy atom. The number of likely N-dealkylation sites (tertiary alicyclic amines) is 1. The van der Waals surface area contributed by atoms with Crippen molar-refractivity contribution in [2.45, 2.75) is 18.8 Å². The van der Waals surface area contributed by atoms with Gasteiger partial charge in [-0.25, -0.2) is 4.79 Å². The molecule has 0 unspecified atom stereocenters. The highest BCUT2D eigenvalue weighted by Gasteiger charge is 2.26. The van der Waals surface area contributed by atoms with E-state index in [1.54, 1.807) is 18.2 Å². The van der Waals surface area contributed by atoms with Gasteiger partial charge in [0.05, 0.1) is 5.56 Å². The highest BCUT2D eigenvalue weighted by Crippen LogP contribution is 2.28. The first kappa shape index (κ1) is 16.4. The van der Waals surface area contributed by atoms with Crippen molar-refractivity contribution in [1.82, 2.24) is 9.88 Å². The standard InChI is InChI=1S/C21H20N2O3/c24-20(16-6-7-19-15(12-16)8-9-22-19)23-10-2-5-18(13-23)14-3-1-4-17(11-14)21(25)26/h1,3-4,6-9,11-12,18,22H,2,5,10,13H2,(H,25,26)/t18-/m0/s1. The summed E-state index contributed by atoms with van der Waals surface area (Å²) in [5.41, 5.74) is 2.99. The highest BCUT2D eigenvalue weighted by molar-refractivity contribution is 5.98. The Labute approximate surface area is 151 Å². The van der Waals surface area contributed by atoms with Gasteiger partial charge >= 0.3 is 5.97 Å². The number of H-pyrrole nitrogens is 1. The van der Waals surface area contributed by atoms with Crippen molar-refractivity contribution in [3.63, 3.8) is 0 Å². The fraction of sp³-hybridized carbons (Fsp3) is 0.238. The van der Waals surface area contributed by atoms with E-state index in [4.69, 9.17) is 0 Å². The maximum atomic E-state index is 12.9. The number of carbonyl (C=O) groups is 2. The van der Waals surface area contributed by atoms with Crippen molar-refractivity contribution in [2.24, 2.45) is 0 Å². The number of hydrogen-bond acceptors (Lipinski definition) is 2. The first-order valence-electron chi connectivity index (χ1n) is 8.81. The number of hydrogen-bond donors (Lipinski definition) is 2. The number of nitrogens with zero attached hydrogens (tertiary/aromatic N) is 1. The fourth-order valence-electron chi connectivity index (χ4n) is 3.73. The van der Waals surface area contributed by atoms with Gasteiger partial charge < -0.3 is 15.0 Å². The van der Waals surface area contributed by atoms with Crippen molar-refractivity contribution >= 4 is 22.8 Å². The molecule has 0 aliphatic carbocycles. The van der Waals surface area contributed by atoms with Gasteiger partial charge in [-0.05, 0) is 54.8 Å². The van der Waals surface area contributed by atoms with E-state index in [0.29, 0.717) is 17.7 Å². The summed E-state index contributed by atoms with van der Waals surface area (Å²) in [5, 5.41) is 10.2. The van der Waals surface area contributed by atoms with E-state index in [0.717, 1.165) is 35.9 Å². The summed E-state index contributed by atoms with van der Waals surface area (Å²) in [4.78, 5) is 29.2. The predicted octanol–water partition coefficient (Wildman–Crippen LogP) is 3.89. The number of carboxylic acid groups (broad SMARTS) is 1. The summed E-state index contributed by atoms with van der Waals surface area (Å²) < 4.78 is 0. The van der Waals surface area contributed by atoms with Gasteiger partial charge in [-0.15, -0.1) is 0 Å². The lowest BCUT2D eigenvalue weighted by molar-refractivity contribution is 0.0688. The largest absolute Gasteiger partial charge is 0.478 e. The second kappa shape index (κ2) is 6.67. The number of aromatic amines is 1. The number of piperidine rings is 1. The van der Waals surface area contributed by atoms with Crippen molar-refractivity contribution < 1.29 is 14.7 Å². The van der Waals surface area contributed by atoms with E-state index >= 15 is 0 Å². The SMILES string of the molecule is O=C(O)c1cccc([C@H]2CCCN(C(=O)c3ccc4[nH]ccc4c3)C2)c1. The molecule has 0 saturated carbocycles. The molecule has 2 aromatic carbocycles. The summed E-state index contributed by atoms with van der Waals surface area (Å²) in [7, 11) is 0. The molecule has 1 fully saturated rings. The Bertz CT molecular complexity index is 976. The van der Waals surface area contributed by atoms with Crippen molar-refractivity contribution in [1.29, 1.82) is 0 Å². The molecule has 3 aromatic rings. The van der Waals surface area contributed by atoms with Crippen LogP contribution >= 0.6 is 0 Å². The molecule has 1 atom stereocenters. The number of aromatic carboxylic acids is 1. The molecule has 1 amide bonds. The molecule has 26 heavy (non-hydrogen) atoms. The Balaban J connectivity index is 1.55. The monoisotopic (exact) mass is 348 g/mol. The maximum absolute atomic E-state index is 12.9. The third-order valence-corrected chi connectivity index (χ3v) is 5.11. The predicted molar refractivity (Wildman–Crippen MR) is 99.6 cm³/mol. The van der Waals surface area contributed by atoms with Crippen molar-refractivity contribution in [2.75, 3.05) is 13.1 Å². The topological polar surface area (TPSA) is 73.4 Å². The summed E-state index contributed by atoms with van der Waals surface area (Å²) >= 11 is 0. The molecule has 1 aliphatic rings. The van der Waals surface area contributed by atoms with E-state index < -0.39 is 5.97 Å². The fourth-order valence-corrected chi connectivity index (χ4v) is 3.73. The molecule has 0 spiro atoms. The number of rotatable bonds is 3. The van der Waals surface area contributed by atoms with Crippen LogP contribution in [0.3, 0.4) is 0 Å². The van der Waals surface area contributed by atoms with Crippen LogP contribution in [-0.2, 0) is 0 Å². The molecule has 0 bridgehead atoms. The van der Waals surface area contributed by atoms with Crippen molar-refractivity contribution in [3.05, 3.63) is 71.4 Å². The van der Waals surface area contributed by atoms with Crippen LogP contribution < -0.4 is 0 Å². The third kappa shape index (κ3) is 3.08. The van der Waals surface area contributed by atoms with E-state index in [1.165, 1.54) is 0 Å². The number of nitrogens with one attached hydrogen (secondary N) is 1. The Morgan fingerprint density at radius 1 is 1.08 bits per heavy atom. The van der Waals surface area contributed by atoms with Crippen LogP contribution in [0, 0.1) is 0 Å². The number of fused-ring (bicyclic) bond motifs is 1. The first-order chi connectivity index (χ1) is 12.6. The summed E-state index contributed by atoms with van der Waals surface area (Å²) in [6, 6.07) is 14.7. The minimum Gasteiger partial charge on any atom is -0.478 e. The van der Waals surface area contributed by atoms with Crippen LogP contribution in [0.5, 0.6) is 0 Å². The number of amides is 1. The molecule has 5 nitrogen and oxygen atoms in total. The van der Waals surface area contributed by atoms with E-state index in [2.05, 4.69) is 4.98 Å². The first-order valence-corrected chi connectivity index (χ1v) is 8.81. The van der Waals surface area contributed by atoms with Crippen LogP contribution in [0.2, 0.25) is 0 Å². The zero-order chi connectivity index (χ0) is 18.1. The number of carboxylic acids is 1. The van der Waals surface area contributed by atoms with Crippen LogP contribution in [0.4, 0.5) is 0 Å². The lowest BCUT2D eigenvalue weighted by atomic mass is 9.89. The lowest BCUT2D eigenvalue weighted by Crippen LogP contribution is -2.39. The zero-order valence-corrected chi connectivity index (χ0v) is 14.3. The average molecular weight is 348 g/mol. The molecule has 0 radical (unpaired) electrons. The van der Waals surface area contributed by atoms with Crippen molar-refractivity contribution in [3.8, 4) is 0 Å². The Morgan fingerprint density at radius 2 is 1.96 bits per heavy atom. The Kier molecular flexibility index (Phi) is 4.21. The minimum absolute atomic E-state index is 0.0344. The summed E-state index contributed by atoms with van der Waals surface area (Å²) in [6.07, 6.45) is 3.75. The third-order valence-electron chi connectivity index (χ3n) is 5.11. The van der Waals surface area contributed by atoms with Gasteiger partial charge in [-0.2, -0.15) is 0 Å². The molecule has 1 aliphatic heterocycles. The molecule has 1 aromatic heterocycles. The van der Waals surface area contributed by atoms with Gasteiger partial charge in [0.15, 0.2) is 0 Å². The Hall–Kier alpha value is -3.08. The minimum atomic E-state index is -0.921. The van der Waals surface area contributed by atoms with Gasteiger partial charge in [0.1, 0.15) is 0 Å². The molecule has 5 heteroatoms. The maximum Gasteiger partial charge on any atom is 0.335 e. The highest BCUT2D eigenvalue weighted by atomic mass is 16.4. The molecule has 2 N–H and O–H groups in total. The zero-order valence-electron chi connectivity index (χ0n) is 14.3. The molecule has 4 rings (SSSR count). The normalized spacial score (nSPS) is 17.4. The van der Waals surface area contributed by atoms with Crippen LogP contribution in [0.25, 0.3) is 10.9 Å². The van der Waals surface area contributed by atoms with Gasteiger partial charge in [-0.1, -0.05) is 12.1 Å². The number of aromatic nitrogens is 1. The molecule has 1 saturated heterocycles. The van der Waals surface area contributed by atoms with E-state index in [9.17, 15) is 14.7 Å². The van der Waals surface area contributed by atoms with Crippen LogP contribution in [0.15, 0.2) is 54.7 Å². The lowest BCUT2D eigenvalue weighted by Gasteiger charge is -2.33. The van der Waals surface area contributed by atoms with Crippen LogP contribution in [-0.4, -0.2) is 40.0 Å². The smallest absolute Gasteiger partial charge is 0.335 e. The number of benzene rings is 2. The molecular formula is C21H20N2O3. The quantitative estimate of drug-likeness (QED) is 0.754. The van der Waals surface area contributed by atoms with Gasteiger partial charge in [-0.3, -0.25) is 4.79 Å².